The van der Waals surface area contributed by atoms with Crippen molar-refractivity contribution >= 4 is 32.8 Å². The largest absolute Gasteiger partial charge is 0.444 e. The van der Waals surface area contributed by atoms with Crippen molar-refractivity contribution < 1.29 is 9.53 Å². The number of rotatable bonds is 5. The molecule has 0 spiro atoms. The number of fused-ring (bicyclic) bond motifs is 1. The molecule has 0 aliphatic carbocycles. The number of carbonyl (C=O) groups is 1. The molecular weight excluding hydrogens is 384 g/mol. The van der Waals surface area contributed by atoms with E-state index in [1.54, 1.807) is 4.57 Å². The van der Waals surface area contributed by atoms with Crippen LogP contribution in [-0.2, 0) is 11.3 Å². The highest BCUT2D eigenvalue weighted by atomic mass is 79.9. The Morgan fingerprint density at radius 3 is 2.72 bits per heavy atom. The van der Waals surface area contributed by atoms with Crippen molar-refractivity contribution in [1.29, 1.82) is 0 Å². The van der Waals surface area contributed by atoms with Crippen LogP contribution in [0.15, 0.2) is 39.7 Å². The molecule has 2 aromatic rings. The molecule has 0 fully saturated rings. The summed E-state index contributed by atoms with van der Waals surface area (Å²) in [4.78, 5) is 24.2. The lowest BCUT2D eigenvalue weighted by Gasteiger charge is -2.22. The number of ether oxygens (including phenoxy) is 1. The van der Waals surface area contributed by atoms with Gasteiger partial charge >= 0.3 is 6.09 Å². The van der Waals surface area contributed by atoms with Crippen LogP contribution in [0.5, 0.6) is 0 Å². The van der Waals surface area contributed by atoms with E-state index in [9.17, 15) is 9.59 Å². The number of benzene rings is 1. The third-order valence-corrected chi connectivity index (χ3v) is 4.23. The van der Waals surface area contributed by atoms with E-state index in [1.165, 1.54) is 0 Å². The van der Waals surface area contributed by atoms with Crippen LogP contribution in [0.25, 0.3) is 10.8 Å². The first kappa shape index (κ1) is 19.5. The standard InChI is InChI=1S/C19H25BrN2O3/c1-13(21-18(24)25-19(2,3)4)6-5-10-22-11-9-14-12-15(20)7-8-16(14)17(22)23/h7-9,11-13H,5-6,10H2,1-4H3,(H,21,24)/t13-/m0/s1. The summed E-state index contributed by atoms with van der Waals surface area (Å²) in [5.41, 5.74) is -0.491. The minimum absolute atomic E-state index is 0.0118. The Kier molecular flexibility index (Phi) is 6.27. The fourth-order valence-corrected chi connectivity index (χ4v) is 2.96. The van der Waals surface area contributed by atoms with E-state index in [0.29, 0.717) is 11.9 Å². The Labute approximate surface area is 156 Å². The first-order chi connectivity index (χ1) is 11.7. The summed E-state index contributed by atoms with van der Waals surface area (Å²) >= 11 is 3.42. The molecule has 0 aliphatic rings. The lowest BCUT2D eigenvalue weighted by Crippen LogP contribution is -2.37. The molecule has 0 saturated heterocycles. The molecule has 0 aliphatic heterocycles. The van der Waals surface area contributed by atoms with E-state index >= 15 is 0 Å². The Balaban J connectivity index is 1.90. The number of carbonyl (C=O) groups excluding carboxylic acids is 1. The molecule has 5 nitrogen and oxygen atoms in total. The van der Waals surface area contributed by atoms with Crippen LogP contribution in [0.2, 0.25) is 0 Å². The molecule has 1 atom stereocenters. The number of pyridine rings is 1. The van der Waals surface area contributed by atoms with Crippen molar-refractivity contribution in [2.45, 2.75) is 58.7 Å². The molecule has 6 heteroatoms. The number of aromatic nitrogens is 1. The van der Waals surface area contributed by atoms with Gasteiger partial charge < -0.3 is 14.6 Å². The highest BCUT2D eigenvalue weighted by Gasteiger charge is 2.17. The predicted molar refractivity (Wildman–Crippen MR) is 104 cm³/mol. The van der Waals surface area contributed by atoms with Crippen molar-refractivity contribution in [2.75, 3.05) is 0 Å². The minimum atomic E-state index is -0.503. The number of nitrogens with zero attached hydrogens (tertiary/aromatic N) is 1. The van der Waals surface area contributed by atoms with Crippen LogP contribution < -0.4 is 10.9 Å². The summed E-state index contributed by atoms with van der Waals surface area (Å²) in [7, 11) is 0. The Hall–Kier alpha value is -1.82. The zero-order chi connectivity index (χ0) is 18.6. The number of aryl methyl sites for hydroxylation is 1. The third-order valence-electron chi connectivity index (χ3n) is 3.74. The van der Waals surface area contributed by atoms with Gasteiger partial charge in [-0.2, -0.15) is 0 Å². The molecule has 0 saturated carbocycles. The van der Waals surface area contributed by atoms with Gasteiger partial charge in [-0.05, 0) is 70.2 Å². The van der Waals surface area contributed by atoms with Gasteiger partial charge in [0, 0.05) is 28.6 Å². The van der Waals surface area contributed by atoms with Gasteiger partial charge in [0.1, 0.15) is 5.60 Å². The number of hydrogen-bond acceptors (Lipinski definition) is 3. The number of amides is 1. The van der Waals surface area contributed by atoms with Gasteiger partial charge in [-0.25, -0.2) is 4.79 Å². The highest BCUT2D eigenvalue weighted by molar-refractivity contribution is 9.10. The molecule has 1 N–H and O–H groups in total. The SMILES string of the molecule is C[C@@H](CCCn1ccc2cc(Br)ccc2c1=O)NC(=O)OC(C)(C)C. The summed E-state index contributed by atoms with van der Waals surface area (Å²) in [6.07, 6.45) is 2.97. The minimum Gasteiger partial charge on any atom is -0.444 e. The summed E-state index contributed by atoms with van der Waals surface area (Å²) < 4.78 is 7.92. The first-order valence-electron chi connectivity index (χ1n) is 8.44. The maximum absolute atomic E-state index is 12.5. The average Bonchev–Trinajstić information content (AvgIpc) is 2.47. The molecule has 0 bridgehead atoms. The molecule has 1 amide bonds. The molecule has 1 aromatic carbocycles. The maximum atomic E-state index is 12.5. The van der Waals surface area contributed by atoms with Gasteiger partial charge in [0.25, 0.3) is 5.56 Å². The van der Waals surface area contributed by atoms with Gasteiger partial charge in [-0.15, -0.1) is 0 Å². The van der Waals surface area contributed by atoms with Gasteiger partial charge in [0.05, 0.1) is 0 Å². The molecule has 25 heavy (non-hydrogen) atoms. The van der Waals surface area contributed by atoms with Crippen molar-refractivity contribution in [1.82, 2.24) is 9.88 Å². The number of alkyl carbamates (subject to hydrolysis) is 1. The van der Waals surface area contributed by atoms with E-state index in [0.717, 1.165) is 22.7 Å². The number of halogens is 1. The third kappa shape index (κ3) is 5.88. The monoisotopic (exact) mass is 408 g/mol. The quantitative estimate of drug-likeness (QED) is 0.794. The molecule has 1 heterocycles. The summed E-state index contributed by atoms with van der Waals surface area (Å²) in [6, 6.07) is 7.59. The molecule has 136 valence electrons. The van der Waals surface area contributed by atoms with E-state index in [1.807, 2.05) is 58.2 Å². The van der Waals surface area contributed by atoms with E-state index in [2.05, 4.69) is 21.2 Å². The van der Waals surface area contributed by atoms with E-state index in [4.69, 9.17) is 4.74 Å². The van der Waals surface area contributed by atoms with E-state index in [-0.39, 0.29) is 11.6 Å². The fourth-order valence-electron chi connectivity index (χ4n) is 2.58. The van der Waals surface area contributed by atoms with Gasteiger partial charge in [0.2, 0.25) is 0 Å². The maximum Gasteiger partial charge on any atom is 0.407 e. The van der Waals surface area contributed by atoms with Crippen LogP contribution >= 0.6 is 15.9 Å². The second kappa shape index (κ2) is 8.04. The summed E-state index contributed by atoms with van der Waals surface area (Å²) in [5.74, 6) is 0. The normalized spacial score (nSPS) is 12.8. The second-order valence-corrected chi connectivity index (χ2v) is 8.15. The molecule has 0 unspecified atom stereocenters. The lowest BCUT2D eigenvalue weighted by atomic mass is 10.1. The predicted octanol–water partition coefficient (Wildman–Crippen LogP) is 4.46. The summed E-state index contributed by atoms with van der Waals surface area (Å²) in [5, 5.41) is 4.46. The second-order valence-electron chi connectivity index (χ2n) is 7.24. The lowest BCUT2D eigenvalue weighted by molar-refractivity contribution is 0.0505. The van der Waals surface area contributed by atoms with Crippen molar-refractivity contribution in [3.63, 3.8) is 0 Å². The fraction of sp³-hybridized carbons (Fsp3) is 0.474. The van der Waals surface area contributed by atoms with Crippen molar-refractivity contribution in [2.24, 2.45) is 0 Å². The van der Waals surface area contributed by atoms with E-state index < -0.39 is 11.7 Å². The van der Waals surface area contributed by atoms with Crippen LogP contribution in [0.3, 0.4) is 0 Å². The Morgan fingerprint density at radius 2 is 2.04 bits per heavy atom. The van der Waals surface area contributed by atoms with Gasteiger partial charge in [-0.3, -0.25) is 4.79 Å². The van der Waals surface area contributed by atoms with Crippen LogP contribution in [0.4, 0.5) is 4.79 Å². The van der Waals surface area contributed by atoms with Crippen molar-refractivity contribution in [3.05, 3.63) is 45.3 Å². The molecule has 0 radical (unpaired) electrons. The smallest absolute Gasteiger partial charge is 0.407 e. The zero-order valence-corrected chi connectivity index (χ0v) is 16.7. The molecule has 1 aromatic heterocycles. The molecular formula is C19H25BrN2O3. The Bertz CT molecular complexity index is 808. The highest BCUT2D eigenvalue weighted by Crippen LogP contribution is 2.17. The van der Waals surface area contributed by atoms with Crippen LogP contribution in [-0.4, -0.2) is 22.3 Å². The first-order valence-corrected chi connectivity index (χ1v) is 9.23. The van der Waals surface area contributed by atoms with Crippen LogP contribution in [0, 0.1) is 0 Å². The van der Waals surface area contributed by atoms with Gasteiger partial charge in [-0.1, -0.05) is 15.9 Å². The molecule has 2 rings (SSSR count). The topological polar surface area (TPSA) is 60.3 Å². The van der Waals surface area contributed by atoms with Crippen LogP contribution in [0.1, 0.15) is 40.5 Å². The van der Waals surface area contributed by atoms with Crippen molar-refractivity contribution in [3.8, 4) is 0 Å². The number of nitrogens with one attached hydrogen (secondary N) is 1. The zero-order valence-electron chi connectivity index (χ0n) is 15.1. The Morgan fingerprint density at radius 1 is 1.32 bits per heavy atom. The average molecular weight is 409 g/mol. The van der Waals surface area contributed by atoms with Gasteiger partial charge in [0.15, 0.2) is 0 Å². The number of hydrogen-bond donors (Lipinski definition) is 1. The summed E-state index contributed by atoms with van der Waals surface area (Å²) in [6.45, 7) is 8.06.